The van der Waals surface area contributed by atoms with Gasteiger partial charge in [-0.05, 0) is 82.9 Å². The Balaban J connectivity index is 1.44. The third-order valence-corrected chi connectivity index (χ3v) is 6.60. The lowest BCUT2D eigenvalue weighted by molar-refractivity contribution is 0.104. The number of carbonyl (C=O) groups excluding carboxylic acids is 1. The number of rotatable bonds is 8. The van der Waals surface area contributed by atoms with Crippen LogP contribution in [0.15, 0.2) is 158 Å². The smallest absolute Gasteiger partial charge is 0.194 e. The molecule has 6 rings (SSSR count). The molecule has 6 aromatic carbocycles. The first kappa shape index (κ1) is 24.9. The van der Waals surface area contributed by atoms with Crippen molar-refractivity contribution < 1.29 is 14.3 Å². The second-order valence-corrected chi connectivity index (χ2v) is 9.31. The molecule has 3 heteroatoms. The highest BCUT2D eigenvalue weighted by molar-refractivity contribution is 6.16. The van der Waals surface area contributed by atoms with Crippen molar-refractivity contribution in [2.75, 3.05) is 0 Å². The van der Waals surface area contributed by atoms with Gasteiger partial charge < -0.3 is 9.47 Å². The Morgan fingerprint density at radius 1 is 0.375 bits per heavy atom. The molecule has 0 fully saturated rings. The molecule has 0 N–H and O–H groups in total. The summed E-state index contributed by atoms with van der Waals surface area (Å²) in [5, 5.41) is 0. The van der Waals surface area contributed by atoms with Crippen LogP contribution < -0.4 is 9.47 Å². The number of ketones is 1. The van der Waals surface area contributed by atoms with Crippen LogP contribution >= 0.6 is 0 Å². The number of benzene rings is 6. The fourth-order valence-electron chi connectivity index (χ4n) is 4.68. The normalized spacial score (nSPS) is 10.6. The fraction of sp³-hybridized carbons (Fsp3) is 0. The van der Waals surface area contributed by atoms with E-state index in [4.69, 9.17) is 9.47 Å². The highest BCUT2D eigenvalue weighted by Gasteiger charge is 2.20. The molecule has 0 saturated heterocycles. The maximum absolute atomic E-state index is 14.3. The van der Waals surface area contributed by atoms with Crippen LogP contribution in [0.3, 0.4) is 0 Å². The van der Waals surface area contributed by atoms with Crippen LogP contribution in [0.4, 0.5) is 0 Å². The summed E-state index contributed by atoms with van der Waals surface area (Å²) in [5.74, 6) is 2.73. The predicted molar refractivity (Wildman–Crippen MR) is 160 cm³/mol. The molecule has 0 aliphatic carbocycles. The van der Waals surface area contributed by atoms with Crippen molar-refractivity contribution in [3.63, 3.8) is 0 Å². The summed E-state index contributed by atoms with van der Waals surface area (Å²) in [5.41, 5.74) is 4.69. The van der Waals surface area contributed by atoms with Crippen molar-refractivity contribution in [3.8, 4) is 45.3 Å². The van der Waals surface area contributed by atoms with E-state index in [0.29, 0.717) is 22.6 Å². The average molecular weight is 519 g/mol. The van der Waals surface area contributed by atoms with E-state index < -0.39 is 0 Å². The Morgan fingerprint density at radius 3 is 1.10 bits per heavy atom. The molecule has 0 aliphatic rings. The molecule has 0 atom stereocenters. The van der Waals surface area contributed by atoms with Crippen LogP contribution in [-0.4, -0.2) is 5.78 Å². The maximum Gasteiger partial charge on any atom is 0.194 e. The molecule has 0 heterocycles. The van der Waals surface area contributed by atoms with Gasteiger partial charge in [-0.25, -0.2) is 0 Å². The van der Waals surface area contributed by atoms with Crippen LogP contribution in [-0.2, 0) is 0 Å². The lowest BCUT2D eigenvalue weighted by Gasteiger charge is -2.16. The Bertz CT molecular complexity index is 1600. The van der Waals surface area contributed by atoms with Gasteiger partial charge in [0.2, 0.25) is 0 Å². The highest BCUT2D eigenvalue weighted by atomic mass is 16.5. The molecule has 0 saturated carbocycles. The lowest BCUT2D eigenvalue weighted by atomic mass is 9.89. The minimum absolute atomic E-state index is 0.0739. The Morgan fingerprint density at radius 2 is 0.725 bits per heavy atom. The van der Waals surface area contributed by atoms with Gasteiger partial charge in [-0.1, -0.05) is 97.1 Å². The largest absolute Gasteiger partial charge is 0.457 e. The minimum atomic E-state index is -0.0739. The Hall–Kier alpha value is -5.41. The van der Waals surface area contributed by atoms with Crippen molar-refractivity contribution in [1.82, 2.24) is 0 Å². The van der Waals surface area contributed by atoms with Gasteiger partial charge in [-0.2, -0.15) is 0 Å². The molecule has 0 amide bonds. The molecule has 0 bridgehead atoms. The molecular formula is C37H26O3. The Labute approximate surface area is 233 Å². The van der Waals surface area contributed by atoms with E-state index in [1.165, 1.54) is 0 Å². The molecule has 0 radical (unpaired) electrons. The van der Waals surface area contributed by atoms with Crippen molar-refractivity contribution >= 4 is 5.78 Å². The first-order valence-corrected chi connectivity index (χ1v) is 13.1. The molecule has 0 unspecified atom stereocenters. The van der Waals surface area contributed by atoms with E-state index in [-0.39, 0.29) is 5.78 Å². The first-order valence-electron chi connectivity index (χ1n) is 13.1. The average Bonchev–Trinajstić information content (AvgIpc) is 3.02. The second-order valence-electron chi connectivity index (χ2n) is 9.31. The van der Waals surface area contributed by atoms with E-state index >= 15 is 0 Å². The molecule has 0 aliphatic heterocycles. The molecule has 192 valence electrons. The Kier molecular flexibility index (Phi) is 7.19. The summed E-state index contributed by atoms with van der Waals surface area (Å²) < 4.78 is 12.2. The van der Waals surface area contributed by atoms with E-state index in [1.54, 1.807) is 0 Å². The summed E-state index contributed by atoms with van der Waals surface area (Å²) >= 11 is 0. The molecule has 3 nitrogen and oxygen atoms in total. The summed E-state index contributed by atoms with van der Waals surface area (Å²) in [7, 11) is 0. The zero-order valence-corrected chi connectivity index (χ0v) is 21.7. The van der Waals surface area contributed by atoms with Crippen LogP contribution in [0.5, 0.6) is 23.0 Å². The summed E-state index contributed by atoms with van der Waals surface area (Å²) in [6.07, 6.45) is 0. The van der Waals surface area contributed by atoms with Gasteiger partial charge in [0.15, 0.2) is 5.78 Å². The zero-order valence-electron chi connectivity index (χ0n) is 21.7. The topological polar surface area (TPSA) is 35.5 Å². The number of hydrogen-bond acceptors (Lipinski definition) is 3. The molecule has 40 heavy (non-hydrogen) atoms. The number of ether oxygens (including phenoxy) is 2. The maximum atomic E-state index is 14.3. The lowest BCUT2D eigenvalue weighted by Crippen LogP contribution is -2.06. The first-order chi connectivity index (χ1) is 19.7. The standard InChI is InChI=1S/C37H26O3/c38-37(33-23-21-31(39-29-17-9-3-10-18-29)25-35(33)27-13-5-1-6-14-27)34-24-22-32(40-30-19-11-4-12-20-30)26-36(34)28-15-7-2-8-16-28/h1-26H. The van der Waals surface area contributed by atoms with Gasteiger partial charge in [0.1, 0.15) is 23.0 Å². The van der Waals surface area contributed by atoms with Crippen LogP contribution in [0.25, 0.3) is 22.3 Å². The summed E-state index contributed by atoms with van der Waals surface area (Å²) in [6, 6.07) is 50.4. The van der Waals surface area contributed by atoms with Gasteiger partial charge in [0, 0.05) is 11.1 Å². The molecule has 6 aromatic rings. The van der Waals surface area contributed by atoms with Gasteiger partial charge in [-0.15, -0.1) is 0 Å². The molecule has 0 spiro atoms. The van der Waals surface area contributed by atoms with Crippen LogP contribution in [0.1, 0.15) is 15.9 Å². The minimum Gasteiger partial charge on any atom is -0.457 e. The number of hydrogen-bond donors (Lipinski definition) is 0. The van der Waals surface area contributed by atoms with E-state index in [2.05, 4.69) is 0 Å². The fourth-order valence-corrected chi connectivity index (χ4v) is 4.68. The number of para-hydroxylation sites is 2. The number of carbonyl (C=O) groups is 1. The van der Waals surface area contributed by atoms with Crippen molar-refractivity contribution in [3.05, 3.63) is 169 Å². The van der Waals surface area contributed by atoms with Gasteiger partial charge in [0.05, 0.1) is 0 Å². The third kappa shape index (κ3) is 5.54. The van der Waals surface area contributed by atoms with E-state index in [9.17, 15) is 4.79 Å². The monoisotopic (exact) mass is 518 g/mol. The van der Waals surface area contributed by atoms with E-state index in [1.807, 2.05) is 158 Å². The van der Waals surface area contributed by atoms with Gasteiger partial charge in [-0.3, -0.25) is 4.79 Å². The highest BCUT2D eigenvalue weighted by Crippen LogP contribution is 2.36. The SMILES string of the molecule is O=C(c1ccc(Oc2ccccc2)cc1-c1ccccc1)c1ccc(Oc2ccccc2)cc1-c1ccccc1. The molecule has 0 aromatic heterocycles. The van der Waals surface area contributed by atoms with Crippen molar-refractivity contribution in [2.45, 2.75) is 0 Å². The van der Waals surface area contributed by atoms with Gasteiger partial charge in [0.25, 0.3) is 0 Å². The summed E-state index contributed by atoms with van der Waals surface area (Å²) in [6.45, 7) is 0. The van der Waals surface area contributed by atoms with Crippen LogP contribution in [0.2, 0.25) is 0 Å². The zero-order chi connectivity index (χ0) is 27.1. The molecular weight excluding hydrogens is 492 g/mol. The summed E-state index contributed by atoms with van der Waals surface area (Å²) in [4.78, 5) is 14.3. The second kappa shape index (κ2) is 11.5. The van der Waals surface area contributed by atoms with E-state index in [0.717, 1.165) is 33.8 Å². The predicted octanol–water partition coefficient (Wildman–Crippen LogP) is 9.84. The quantitative estimate of drug-likeness (QED) is 0.188. The van der Waals surface area contributed by atoms with Gasteiger partial charge >= 0.3 is 0 Å². The van der Waals surface area contributed by atoms with Crippen molar-refractivity contribution in [1.29, 1.82) is 0 Å². The third-order valence-electron chi connectivity index (χ3n) is 6.60. The van der Waals surface area contributed by atoms with Crippen LogP contribution in [0, 0.1) is 0 Å². The van der Waals surface area contributed by atoms with Crippen molar-refractivity contribution in [2.24, 2.45) is 0 Å².